The number of rotatable bonds is 2. The molecule has 1 aliphatic rings. The van der Waals surface area contributed by atoms with E-state index in [0.29, 0.717) is 16.0 Å². The van der Waals surface area contributed by atoms with Crippen molar-refractivity contribution in [2.75, 3.05) is 0 Å². The summed E-state index contributed by atoms with van der Waals surface area (Å²) in [6, 6.07) is 3.52. The van der Waals surface area contributed by atoms with Crippen molar-refractivity contribution in [2.45, 2.75) is 38.0 Å². The van der Waals surface area contributed by atoms with E-state index in [1.54, 1.807) is 6.07 Å². The Balaban J connectivity index is 2.18. The van der Waals surface area contributed by atoms with Gasteiger partial charge in [0.25, 0.3) is 0 Å². The van der Waals surface area contributed by atoms with E-state index in [4.69, 9.17) is 23.2 Å². The van der Waals surface area contributed by atoms with Gasteiger partial charge in [-0.1, -0.05) is 42.5 Å². The van der Waals surface area contributed by atoms with E-state index in [-0.39, 0.29) is 0 Å². The van der Waals surface area contributed by atoms with Gasteiger partial charge in [-0.3, -0.25) is 4.79 Å². The van der Waals surface area contributed by atoms with Crippen molar-refractivity contribution in [1.29, 1.82) is 0 Å². The zero-order chi connectivity index (χ0) is 13.4. The third-order valence-corrected chi connectivity index (χ3v) is 4.54. The van der Waals surface area contributed by atoms with Gasteiger partial charge in [0.1, 0.15) is 0 Å². The van der Waals surface area contributed by atoms with Crippen LogP contribution in [0.1, 0.15) is 54.1 Å². The van der Waals surface area contributed by atoms with Crippen molar-refractivity contribution in [1.82, 2.24) is 4.98 Å². The first-order chi connectivity index (χ1) is 9.20. The standard InChI is InChI=1S/C15H15Cl2NO/c16-10-6-11-12(8-19)14(9-4-2-1-3-5-9)18-15(11)13(17)7-10/h6-9,18H,1-5H2. The average Bonchev–Trinajstić information content (AvgIpc) is 2.78. The Bertz CT molecular complexity index is 627. The van der Waals surface area contributed by atoms with E-state index in [1.807, 2.05) is 6.07 Å². The third kappa shape index (κ3) is 2.28. The molecule has 1 aliphatic carbocycles. The summed E-state index contributed by atoms with van der Waals surface area (Å²) in [5.74, 6) is 0.441. The van der Waals surface area contributed by atoms with Crippen LogP contribution in [-0.4, -0.2) is 11.3 Å². The van der Waals surface area contributed by atoms with Gasteiger partial charge in [0, 0.05) is 21.7 Å². The number of halogens is 2. The minimum absolute atomic E-state index is 0.441. The van der Waals surface area contributed by atoms with Crippen LogP contribution < -0.4 is 0 Å². The largest absolute Gasteiger partial charge is 0.356 e. The minimum atomic E-state index is 0.441. The normalized spacial score (nSPS) is 16.9. The van der Waals surface area contributed by atoms with E-state index >= 15 is 0 Å². The number of nitrogens with one attached hydrogen (secondary N) is 1. The molecule has 0 atom stereocenters. The number of aldehydes is 1. The fourth-order valence-electron chi connectivity index (χ4n) is 3.10. The van der Waals surface area contributed by atoms with Crippen molar-refractivity contribution in [3.05, 3.63) is 33.4 Å². The molecular weight excluding hydrogens is 281 g/mol. The van der Waals surface area contributed by atoms with Crippen molar-refractivity contribution >= 4 is 40.4 Å². The molecule has 2 nitrogen and oxygen atoms in total. The Morgan fingerprint density at radius 2 is 1.89 bits per heavy atom. The Morgan fingerprint density at radius 1 is 1.16 bits per heavy atom. The van der Waals surface area contributed by atoms with Crippen molar-refractivity contribution in [3.63, 3.8) is 0 Å². The lowest BCUT2D eigenvalue weighted by atomic mass is 9.85. The summed E-state index contributed by atoms with van der Waals surface area (Å²) in [5.41, 5.74) is 2.59. The van der Waals surface area contributed by atoms with Crippen molar-refractivity contribution in [2.24, 2.45) is 0 Å². The lowest BCUT2D eigenvalue weighted by Crippen LogP contribution is -2.06. The zero-order valence-electron chi connectivity index (χ0n) is 10.5. The number of benzene rings is 1. The van der Waals surface area contributed by atoms with Crippen LogP contribution in [0, 0.1) is 0 Å². The van der Waals surface area contributed by atoms with Crippen LogP contribution in [0.3, 0.4) is 0 Å². The lowest BCUT2D eigenvalue weighted by Gasteiger charge is -2.21. The Morgan fingerprint density at radius 3 is 2.58 bits per heavy atom. The Hall–Kier alpha value is -0.990. The summed E-state index contributed by atoms with van der Waals surface area (Å²) in [6.45, 7) is 0. The van der Waals surface area contributed by atoms with Crippen LogP contribution in [0.5, 0.6) is 0 Å². The van der Waals surface area contributed by atoms with Crippen LogP contribution >= 0.6 is 23.2 Å². The molecule has 1 N–H and O–H groups in total. The maximum atomic E-state index is 11.5. The number of fused-ring (bicyclic) bond motifs is 1. The SMILES string of the molecule is O=Cc1c(C2CCCCC2)[nH]c2c(Cl)cc(Cl)cc12. The molecule has 0 unspecified atom stereocenters. The number of H-pyrrole nitrogens is 1. The number of hydrogen-bond acceptors (Lipinski definition) is 1. The first-order valence-electron chi connectivity index (χ1n) is 6.66. The molecule has 1 saturated carbocycles. The molecule has 0 aliphatic heterocycles. The first-order valence-corrected chi connectivity index (χ1v) is 7.42. The highest BCUT2D eigenvalue weighted by molar-refractivity contribution is 6.38. The van der Waals surface area contributed by atoms with E-state index in [1.165, 1.54) is 19.3 Å². The van der Waals surface area contributed by atoms with Crippen molar-refractivity contribution in [3.8, 4) is 0 Å². The number of carbonyl (C=O) groups is 1. The van der Waals surface area contributed by atoms with E-state index in [0.717, 1.165) is 41.3 Å². The smallest absolute Gasteiger partial charge is 0.152 e. The first kappa shape index (κ1) is 13.0. The second-order valence-electron chi connectivity index (χ2n) is 5.22. The van der Waals surface area contributed by atoms with Gasteiger partial charge in [0.15, 0.2) is 6.29 Å². The van der Waals surface area contributed by atoms with Gasteiger partial charge in [0.05, 0.1) is 10.5 Å². The molecule has 3 rings (SSSR count). The molecule has 1 heterocycles. The summed E-state index contributed by atoms with van der Waals surface area (Å²) in [5, 5.41) is 1.98. The van der Waals surface area contributed by atoms with Gasteiger partial charge in [0.2, 0.25) is 0 Å². The van der Waals surface area contributed by atoms with E-state index < -0.39 is 0 Å². The van der Waals surface area contributed by atoms with Gasteiger partial charge in [-0.25, -0.2) is 0 Å². The average molecular weight is 296 g/mol. The van der Waals surface area contributed by atoms with Gasteiger partial charge >= 0.3 is 0 Å². The van der Waals surface area contributed by atoms with Crippen molar-refractivity contribution < 1.29 is 4.79 Å². The van der Waals surface area contributed by atoms with Crippen LogP contribution in [-0.2, 0) is 0 Å². The number of aromatic amines is 1. The van der Waals surface area contributed by atoms with Gasteiger partial charge in [-0.05, 0) is 30.9 Å². The predicted molar refractivity (Wildman–Crippen MR) is 79.5 cm³/mol. The molecule has 4 heteroatoms. The molecule has 2 aromatic rings. The third-order valence-electron chi connectivity index (χ3n) is 4.03. The highest BCUT2D eigenvalue weighted by Gasteiger charge is 2.22. The summed E-state index contributed by atoms with van der Waals surface area (Å²) < 4.78 is 0. The molecular formula is C15H15Cl2NO. The maximum Gasteiger partial charge on any atom is 0.152 e. The molecule has 1 aromatic carbocycles. The fourth-order valence-corrected chi connectivity index (χ4v) is 3.64. The van der Waals surface area contributed by atoms with Crippen LogP contribution in [0.15, 0.2) is 12.1 Å². The monoisotopic (exact) mass is 295 g/mol. The van der Waals surface area contributed by atoms with Crippen LogP contribution in [0.25, 0.3) is 10.9 Å². The molecule has 0 bridgehead atoms. The number of aromatic nitrogens is 1. The second-order valence-corrected chi connectivity index (χ2v) is 6.06. The van der Waals surface area contributed by atoms with Gasteiger partial charge in [-0.15, -0.1) is 0 Å². The maximum absolute atomic E-state index is 11.5. The van der Waals surface area contributed by atoms with Crippen LogP contribution in [0.2, 0.25) is 10.0 Å². The minimum Gasteiger partial charge on any atom is -0.356 e. The second kappa shape index (κ2) is 5.18. The summed E-state index contributed by atoms with van der Waals surface area (Å²) >= 11 is 12.2. The van der Waals surface area contributed by atoms with E-state index in [2.05, 4.69) is 4.98 Å². The highest BCUT2D eigenvalue weighted by atomic mass is 35.5. The molecule has 0 saturated heterocycles. The molecule has 1 aromatic heterocycles. The molecule has 100 valence electrons. The summed E-state index contributed by atoms with van der Waals surface area (Å²) in [7, 11) is 0. The van der Waals surface area contributed by atoms with Crippen LogP contribution in [0.4, 0.5) is 0 Å². The molecule has 0 amide bonds. The van der Waals surface area contributed by atoms with E-state index in [9.17, 15) is 4.79 Å². The molecule has 1 fully saturated rings. The number of carbonyl (C=O) groups excluding carboxylic acids is 1. The quantitative estimate of drug-likeness (QED) is 0.746. The van der Waals surface area contributed by atoms with Gasteiger partial charge < -0.3 is 4.98 Å². The molecule has 0 spiro atoms. The summed E-state index contributed by atoms with van der Waals surface area (Å²) in [6.07, 6.45) is 6.95. The highest BCUT2D eigenvalue weighted by Crippen LogP contribution is 2.38. The Kier molecular flexibility index (Phi) is 3.55. The fraction of sp³-hybridized carbons (Fsp3) is 0.400. The zero-order valence-corrected chi connectivity index (χ0v) is 12.0. The molecule has 0 radical (unpaired) electrons. The van der Waals surface area contributed by atoms with Gasteiger partial charge in [-0.2, -0.15) is 0 Å². The molecule has 19 heavy (non-hydrogen) atoms. The predicted octanol–water partition coefficient (Wildman–Crippen LogP) is 5.33. The lowest BCUT2D eigenvalue weighted by molar-refractivity contribution is 0.112. The summed E-state index contributed by atoms with van der Waals surface area (Å²) in [4.78, 5) is 14.8. The Labute approximate surface area is 122 Å². The number of hydrogen-bond donors (Lipinski definition) is 1. The topological polar surface area (TPSA) is 32.9 Å².